The lowest BCUT2D eigenvalue weighted by Crippen LogP contribution is -2.16. The van der Waals surface area contributed by atoms with Gasteiger partial charge in [0.1, 0.15) is 0 Å². The quantitative estimate of drug-likeness (QED) is 0.613. The van der Waals surface area contributed by atoms with Gasteiger partial charge in [0.15, 0.2) is 0 Å². The largest absolute Gasteiger partial charge is 0.481 e. The number of carboxylic acids is 2. The lowest BCUT2D eigenvalue weighted by atomic mass is 10.2. The van der Waals surface area contributed by atoms with Gasteiger partial charge >= 0.3 is 23.9 Å². The fourth-order valence-electron chi connectivity index (χ4n) is 1.24. The van der Waals surface area contributed by atoms with E-state index in [4.69, 9.17) is 19.7 Å². The van der Waals surface area contributed by atoms with Crippen LogP contribution < -0.4 is 0 Å². The first-order valence-corrected chi connectivity index (χ1v) is 7.37. The van der Waals surface area contributed by atoms with Crippen molar-refractivity contribution in [2.75, 3.05) is 0 Å². The highest BCUT2D eigenvalue weighted by Gasteiger charge is 2.11. The Bertz CT molecular complexity index is 351. The molecule has 0 aliphatic carbocycles. The van der Waals surface area contributed by atoms with Crippen LogP contribution in [-0.2, 0) is 28.7 Å². The number of hydrogen-bond acceptors (Lipinski definition) is 6. The summed E-state index contributed by atoms with van der Waals surface area (Å²) in [7, 11) is 0. The Kier molecular flexibility index (Phi) is 13.6. The van der Waals surface area contributed by atoms with E-state index < -0.39 is 11.9 Å². The van der Waals surface area contributed by atoms with E-state index in [1.54, 1.807) is 27.7 Å². The molecule has 23 heavy (non-hydrogen) atoms. The van der Waals surface area contributed by atoms with Crippen LogP contribution in [0.25, 0.3) is 0 Å². The van der Waals surface area contributed by atoms with Gasteiger partial charge in [-0.2, -0.15) is 0 Å². The van der Waals surface area contributed by atoms with Crippen LogP contribution in [0.2, 0.25) is 0 Å². The first-order valence-electron chi connectivity index (χ1n) is 7.37. The fraction of sp³-hybridized carbons (Fsp3) is 0.733. The lowest BCUT2D eigenvalue weighted by molar-refractivity contribution is -0.154. The molecule has 0 aromatic carbocycles. The summed E-state index contributed by atoms with van der Waals surface area (Å²) in [6.07, 6.45) is -0.0104. The van der Waals surface area contributed by atoms with E-state index in [0.29, 0.717) is 0 Å². The number of esters is 2. The van der Waals surface area contributed by atoms with Crippen molar-refractivity contribution in [3.05, 3.63) is 0 Å². The maximum absolute atomic E-state index is 11.0. The van der Waals surface area contributed by atoms with E-state index in [2.05, 4.69) is 0 Å². The maximum Gasteiger partial charge on any atom is 0.306 e. The highest BCUT2D eigenvalue weighted by atomic mass is 16.5. The number of hydrogen-bond donors (Lipinski definition) is 2. The van der Waals surface area contributed by atoms with Crippen molar-refractivity contribution >= 4 is 23.9 Å². The molecule has 0 atom stereocenters. The predicted octanol–water partition coefficient (Wildman–Crippen LogP) is 2.00. The number of carbonyl (C=O) groups excluding carboxylic acids is 2. The topological polar surface area (TPSA) is 127 Å². The maximum atomic E-state index is 11.0. The van der Waals surface area contributed by atoms with Gasteiger partial charge in [0.2, 0.25) is 0 Å². The number of aliphatic carboxylic acids is 2. The molecule has 0 aromatic rings. The molecular formula is C15H26O8. The summed E-state index contributed by atoms with van der Waals surface area (Å²) in [4.78, 5) is 41.6. The van der Waals surface area contributed by atoms with Crippen LogP contribution in [0, 0.1) is 0 Å². The number of carbonyl (C=O) groups is 4. The minimum Gasteiger partial charge on any atom is -0.481 e. The Morgan fingerprint density at radius 2 is 1.00 bits per heavy atom. The zero-order valence-corrected chi connectivity index (χ0v) is 14.0. The predicted molar refractivity (Wildman–Crippen MR) is 80.8 cm³/mol. The molecule has 0 aromatic heterocycles. The zero-order chi connectivity index (χ0) is 18.4. The van der Waals surface area contributed by atoms with E-state index in [0.717, 1.165) is 0 Å². The minimum atomic E-state index is -0.948. The van der Waals surface area contributed by atoms with Gasteiger partial charge in [0, 0.05) is 12.8 Å². The van der Waals surface area contributed by atoms with Crippen molar-refractivity contribution in [2.45, 2.75) is 72.0 Å². The molecule has 0 saturated heterocycles. The highest BCUT2D eigenvalue weighted by Crippen LogP contribution is 2.00. The monoisotopic (exact) mass is 334 g/mol. The van der Waals surface area contributed by atoms with Gasteiger partial charge in [-0.25, -0.2) is 0 Å². The second-order valence-corrected chi connectivity index (χ2v) is 5.22. The first kappa shape index (κ1) is 23.2. The average molecular weight is 334 g/mol. The molecule has 134 valence electrons. The Morgan fingerprint density at radius 3 is 1.22 bits per heavy atom. The Labute approximate surface area is 135 Å². The summed E-state index contributed by atoms with van der Waals surface area (Å²) < 4.78 is 9.72. The molecule has 0 heterocycles. The summed E-state index contributed by atoms with van der Waals surface area (Å²) in [5, 5.41) is 16.1. The van der Waals surface area contributed by atoms with Crippen molar-refractivity contribution in [1.82, 2.24) is 0 Å². The van der Waals surface area contributed by atoms with Gasteiger partial charge in [0.25, 0.3) is 0 Å². The molecule has 8 heteroatoms. The number of rotatable bonds is 9. The first-order chi connectivity index (χ1) is 10.5. The third kappa shape index (κ3) is 22.3. The van der Waals surface area contributed by atoms with Crippen LogP contribution in [0.4, 0.5) is 0 Å². The van der Waals surface area contributed by atoms with Gasteiger partial charge < -0.3 is 19.7 Å². The molecule has 0 radical (unpaired) electrons. The number of carboxylic acid groups (broad SMARTS) is 2. The fourth-order valence-corrected chi connectivity index (χ4v) is 1.24. The van der Waals surface area contributed by atoms with E-state index in [9.17, 15) is 19.2 Å². The van der Waals surface area contributed by atoms with Crippen molar-refractivity contribution in [3.8, 4) is 0 Å². The Balaban J connectivity index is 0. The van der Waals surface area contributed by atoms with E-state index in [1.807, 2.05) is 0 Å². The third-order valence-electron chi connectivity index (χ3n) is 2.05. The molecule has 0 aliphatic rings. The molecule has 0 amide bonds. The standard InChI is InChI=1S/C10H18O4.C5H8O4/c1-7(2)13-9(11)5-6-10(12)14-8(3)4;6-4(7)2-1-3-5(8)9/h7-8H,5-6H2,1-4H3;1-3H2,(H,6,7)(H,8,9). The highest BCUT2D eigenvalue weighted by molar-refractivity contribution is 5.77. The van der Waals surface area contributed by atoms with Gasteiger partial charge in [0.05, 0.1) is 25.0 Å². The molecule has 0 spiro atoms. The molecule has 0 fully saturated rings. The smallest absolute Gasteiger partial charge is 0.306 e. The van der Waals surface area contributed by atoms with Gasteiger partial charge in [-0.1, -0.05) is 0 Å². The molecular weight excluding hydrogens is 308 g/mol. The summed E-state index contributed by atoms with van der Waals surface area (Å²) in [6.45, 7) is 7.07. The van der Waals surface area contributed by atoms with Gasteiger partial charge in [-0.05, 0) is 34.1 Å². The number of ether oxygens (including phenoxy) is 2. The second kappa shape index (κ2) is 13.5. The van der Waals surface area contributed by atoms with Crippen molar-refractivity contribution < 1.29 is 38.9 Å². The van der Waals surface area contributed by atoms with Gasteiger partial charge in [-0.3, -0.25) is 19.2 Å². The van der Waals surface area contributed by atoms with Crippen molar-refractivity contribution in [3.63, 3.8) is 0 Å². The molecule has 0 aliphatic heterocycles. The third-order valence-corrected chi connectivity index (χ3v) is 2.05. The van der Waals surface area contributed by atoms with E-state index in [1.165, 1.54) is 0 Å². The van der Waals surface area contributed by atoms with E-state index >= 15 is 0 Å². The summed E-state index contributed by atoms with van der Waals surface area (Å²) in [5.41, 5.74) is 0. The normalized spacial score (nSPS) is 9.83. The molecule has 8 nitrogen and oxygen atoms in total. The van der Waals surface area contributed by atoms with Crippen molar-refractivity contribution in [1.29, 1.82) is 0 Å². The Morgan fingerprint density at radius 1 is 0.696 bits per heavy atom. The van der Waals surface area contributed by atoms with Crippen LogP contribution in [0.1, 0.15) is 59.8 Å². The molecule has 2 N–H and O–H groups in total. The summed E-state index contributed by atoms with van der Waals surface area (Å²) in [5.74, 6) is -2.62. The Hall–Kier alpha value is -2.12. The SMILES string of the molecule is CC(C)OC(=O)CCC(=O)OC(C)C.O=C(O)CCCC(=O)O. The summed E-state index contributed by atoms with van der Waals surface area (Å²) >= 11 is 0. The lowest BCUT2D eigenvalue weighted by Gasteiger charge is -2.09. The van der Waals surface area contributed by atoms with E-state index in [-0.39, 0.29) is 56.3 Å². The second-order valence-electron chi connectivity index (χ2n) is 5.22. The van der Waals surface area contributed by atoms with Crippen LogP contribution in [-0.4, -0.2) is 46.3 Å². The van der Waals surface area contributed by atoms with Crippen LogP contribution in [0.3, 0.4) is 0 Å². The van der Waals surface area contributed by atoms with Crippen LogP contribution in [0.5, 0.6) is 0 Å². The van der Waals surface area contributed by atoms with Crippen LogP contribution in [0.15, 0.2) is 0 Å². The molecule has 0 saturated carbocycles. The molecule has 0 rings (SSSR count). The summed E-state index contributed by atoms with van der Waals surface area (Å²) in [6, 6.07) is 0. The minimum absolute atomic E-state index is 0.0632. The average Bonchev–Trinajstić information content (AvgIpc) is 2.34. The molecule has 0 bridgehead atoms. The van der Waals surface area contributed by atoms with Crippen molar-refractivity contribution in [2.24, 2.45) is 0 Å². The van der Waals surface area contributed by atoms with Gasteiger partial charge in [-0.15, -0.1) is 0 Å². The molecule has 0 unspecified atom stereocenters. The van der Waals surface area contributed by atoms with Crippen LogP contribution >= 0.6 is 0 Å². The zero-order valence-electron chi connectivity index (χ0n) is 14.0.